The first kappa shape index (κ1) is 22.9. The molecule has 162 valence electrons. The van der Waals surface area contributed by atoms with Gasteiger partial charge in [0.2, 0.25) is 0 Å². The van der Waals surface area contributed by atoms with Gasteiger partial charge >= 0.3 is 11.9 Å². The van der Waals surface area contributed by atoms with Crippen LogP contribution in [0.5, 0.6) is 0 Å². The lowest BCUT2D eigenvalue weighted by Crippen LogP contribution is -2.47. The summed E-state index contributed by atoms with van der Waals surface area (Å²) in [5, 5.41) is 32.4. The maximum Gasteiger partial charge on any atom is 0.337 e. The molecule has 3 atom stereocenters. The van der Waals surface area contributed by atoms with Crippen molar-refractivity contribution in [2.24, 2.45) is 11.3 Å². The Bertz CT molecular complexity index is 1130. The van der Waals surface area contributed by atoms with E-state index in [4.69, 9.17) is 21.1 Å². The van der Waals surface area contributed by atoms with E-state index >= 15 is 0 Å². The fourth-order valence-electron chi connectivity index (χ4n) is 4.34. The molecule has 0 bridgehead atoms. The zero-order chi connectivity index (χ0) is 23.5. The molecule has 1 aliphatic carbocycles. The fraction of sp³-hybridized carbons (Fsp3) is 0.250. The number of nitrogens with zero attached hydrogens (tertiary/aromatic N) is 2. The lowest BCUT2D eigenvalue weighted by Gasteiger charge is -2.44. The van der Waals surface area contributed by atoms with Gasteiger partial charge in [-0.3, -0.25) is 4.79 Å². The minimum absolute atomic E-state index is 0.331. The molecule has 8 heteroatoms. The van der Waals surface area contributed by atoms with E-state index in [-0.39, 0.29) is 5.57 Å². The Balaban J connectivity index is 2.47. The third kappa shape index (κ3) is 3.57. The van der Waals surface area contributed by atoms with Crippen molar-refractivity contribution in [3.05, 3.63) is 82.1 Å². The summed E-state index contributed by atoms with van der Waals surface area (Å²) in [6.45, 7) is 0. The van der Waals surface area contributed by atoms with Crippen LogP contribution in [0.2, 0.25) is 5.02 Å². The topological polar surface area (TPSA) is 120 Å². The minimum atomic E-state index is -1.97. The summed E-state index contributed by atoms with van der Waals surface area (Å²) in [5.74, 6) is -6.30. The van der Waals surface area contributed by atoms with Gasteiger partial charge in [-0.2, -0.15) is 10.5 Å². The number of aliphatic hydroxyl groups excluding tert-OH is 1. The molecule has 0 radical (unpaired) electrons. The molecule has 0 aliphatic heterocycles. The number of hydrogen-bond acceptors (Lipinski definition) is 7. The van der Waals surface area contributed by atoms with Crippen LogP contribution in [0, 0.1) is 34.0 Å². The fourth-order valence-corrected chi connectivity index (χ4v) is 4.47. The van der Waals surface area contributed by atoms with Crippen molar-refractivity contribution >= 4 is 23.5 Å². The number of benzene rings is 2. The first-order valence-electron chi connectivity index (χ1n) is 9.58. The number of esters is 2. The standard InChI is InChI=1S/C24H19ClN2O5/c1-31-22(29)17-19(14-6-4-3-5-7-14)24(12-26,13-27)20(15-8-10-16(25)11-9-15)18(21(17)28)23(30)32-2/h3-11,18-20,28H,1-2H3/t18-,19-,20-/m1/s1. The number of halogens is 1. The number of ether oxygens (including phenoxy) is 2. The highest BCUT2D eigenvalue weighted by atomic mass is 35.5. The highest BCUT2D eigenvalue weighted by molar-refractivity contribution is 6.30. The van der Waals surface area contributed by atoms with Gasteiger partial charge in [0.25, 0.3) is 0 Å². The van der Waals surface area contributed by atoms with Gasteiger partial charge in [-0.15, -0.1) is 0 Å². The number of rotatable bonds is 4. The van der Waals surface area contributed by atoms with Gasteiger partial charge in [0.15, 0.2) is 5.41 Å². The minimum Gasteiger partial charge on any atom is -0.511 e. The summed E-state index contributed by atoms with van der Waals surface area (Å²) in [7, 11) is 2.24. The molecule has 2 aromatic rings. The van der Waals surface area contributed by atoms with E-state index in [0.29, 0.717) is 16.1 Å². The van der Waals surface area contributed by atoms with Crippen molar-refractivity contribution in [1.29, 1.82) is 10.5 Å². The Morgan fingerprint density at radius 1 is 0.969 bits per heavy atom. The van der Waals surface area contributed by atoms with Crippen molar-refractivity contribution in [1.82, 2.24) is 0 Å². The lowest BCUT2D eigenvalue weighted by atomic mass is 9.54. The average molecular weight is 451 g/mol. The first-order chi connectivity index (χ1) is 15.4. The van der Waals surface area contributed by atoms with Gasteiger partial charge in [0, 0.05) is 10.9 Å². The predicted octanol–water partition coefficient (Wildman–Crippen LogP) is 4.03. The molecule has 0 fully saturated rings. The Morgan fingerprint density at radius 2 is 1.56 bits per heavy atom. The van der Waals surface area contributed by atoms with Crippen molar-refractivity contribution in [3.63, 3.8) is 0 Å². The Hall–Kier alpha value is -3.81. The molecule has 0 amide bonds. The van der Waals surface area contributed by atoms with Crippen LogP contribution in [0.15, 0.2) is 65.9 Å². The smallest absolute Gasteiger partial charge is 0.337 e. The van der Waals surface area contributed by atoms with Crippen molar-refractivity contribution in [2.45, 2.75) is 11.8 Å². The third-order valence-corrected chi connectivity index (χ3v) is 5.98. The maximum absolute atomic E-state index is 12.8. The molecule has 0 unspecified atom stereocenters. The SMILES string of the molecule is COC(=O)C1=C(O)[C@H](C(=O)OC)[C@@H](c2ccc(Cl)cc2)C(C#N)(C#N)[C@@H]1c1ccccc1. The summed E-state index contributed by atoms with van der Waals surface area (Å²) in [6, 6.07) is 18.8. The van der Waals surface area contributed by atoms with E-state index in [1.54, 1.807) is 54.6 Å². The van der Waals surface area contributed by atoms with Crippen molar-refractivity contribution in [2.75, 3.05) is 14.2 Å². The van der Waals surface area contributed by atoms with Crippen LogP contribution in [0.3, 0.4) is 0 Å². The molecule has 1 N–H and O–H groups in total. The molecule has 0 saturated carbocycles. The average Bonchev–Trinajstić information content (AvgIpc) is 2.83. The largest absolute Gasteiger partial charge is 0.511 e. The van der Waals surface area contributed by atoms with Gasteiger partial charge < -0.3 is 14.6 Å². The lowest BCUT2D eigenvalue weighted by molar-refractivity contribution is -0.147. The van der Waals surface area contributed by atoms with Crippen LogP contribution in [-0.2, 0) is 19.1 Å². The number of nitriles is 2. The second-order valence-corrected chi connectivity index (χ2v) is 7.69. The highest BCUT2D eigenvalue weighted by Gasteiger charge is 2.61. The molecule has 0 aromatic heterocycles. The Morgan fingerprint density at radius 3 is 2.06 bits per heavy atom. The highest BCUT2D eigenvalue weighted by Crippen LogP contribution is 2.58. The second kappa shape index (κ2) is 9.13. The van der Waals surface area contributed by atoms with Crippen molar-refractivity contribution in [3.8, 4) is 12.1 Å². The summed E-state index contributed by atoms with van der Waals surface area (Å²) < 4.78 is 9.76. The Labute approximate surface area is 190 Å². The van der Waals surface area contributed by atoms with E-state index < -0.39 is 40.9 Å². The molecule has 0 heterocycles. The summed E-state index contributed by atoms with van der Waals surface area (Å²) in [5.41, 5.74) is -1.46. The molecule has 0 saturated heterocycles. The van der Waals surface area contributed by atoms with E-state index in [9.17, 15) is 25.2 Å². The van der Waals surface area contributed by atoms with Crippen LogP contribution < -0.4 is 0 Å². The molecule has 32 heavy (non-hydrogen) atoms. The van der Waals surface area contributed by atoms with Gasteiger partial charge in [-0.05, 0) is 23.3 Å². The number of hydrogen-bond donors (Lipinski definition) is 1. The number of carbonyl (C=O) groups is 2. The van der Waals surface area contributed by atoms with Crippen LogP contribution in [0.1, 0.15) is 23.0 Å². The molecule has 3 rings (SSSR count). The molecule has 0 spiro atoms. The summed E-state index contributed by atoms with van der Waals surface area (Å²) >= 11 is 6.01. The predicted molar refractivity (Wildman–Crippen MR) is 114 cm³/mol. The first-order valence-corrected chi connectivity index (χ1v) is 9.96. The van der Waals surface area contributed by atoms with Gasteiger partial charge in [-0.1, -0.05) is 54.1 Å². The molecule has 7 nitrogen and oxygen atoms in total. The van der Waals surface area contributed by atoms with Crippen molar-refractivity contribution < 1.29 is 24.2 Å². The Kier molecular flexibility index (Phi) is 6.53. The van der Waals surface area contributed by atoms with E-state index in [1.807, 2.05) is 0 Å². The quantitative estimate of drug-likeness (QED) is 0.698. The number of methoxy groups -OCH3 is 2. The second-order valence-electron chi connectivity index (χ2n) is 7.26. The number of aliphatic hydroxyl groups is 1. The van der Waals surface area contributed by atoms with Gasteiger partial charge in [-0.25, -0.2) is 4.79 Å². The summed E-state index contributed by atoms with van der Waals surface area (Å²) in [6.07, 6.45) is 0. The van der Waals surface area contributed by atoms with Gasteiger partial charge in [0.05, 0.1) is 37.8 Å². The number of carbonyl (C=O) groups excluding carboxylic acids is 2. The monoisotopic (exact) mass is 450 g/mol. The maximum atomic E-state index is 12.8. The zero-order valence-electron chi connectivity index (χ0n) is 17.3. The molecule has 1 aliphatic rings. The van der Waals surface area contributed by atoms with E-state index in [2.05, 4.69) is 12.1 Å². The normalized spacial score (nSPS) is 21.7. The van der Waals surface area contributed by atoms with Crippen LogP contribution >= 0.6 is 11.6 Å². The molecule has 2 aromatic carbocycles. The van der Waals surface area contributed by atoms with E-state index in [1.165, 1.54) is 0 Å². The summed E-state index contributed by atoms with van der Waals surface area (Å²) in [4.78, 5) is 25.6. The van der Waals surface area contributed by atoms with Gasteiger partial charge in [0.1, 0.15) is 11.7 Å². The van der Waals surface area contributed by atoms with Crippen LogP contribution in [0.4, 0.5) is 0 Å². The molecular weight excluding hydrogens is 432 g/mol. The zero-order valence-corrected chi connectivity index (χ0v) is 18.0. The van der Waals surface area contributed by atoms with E-state index in [0.717, 1.165) is 14.2 Å². The van der Waals surface area contributed by atoms with Crippen LogP contribution in [0.25, 0.3) is 0 Å². The third-order valence-electron chi connectivity index (χ3n) is 5.73. The van der Waals surface area contributed by atoms with Crippen LogP contribution in [-0.4, -0.2) is 31.3 Å². The molecular formula is C24H19ClN2O5.